The molecule has 1 aliphatic heterocycles. The Morgan fingerprint density at radius 3 is 2.64 bits per heavy atom. The lowest BCUT2D eigenvalue weighted by molar-refractivity contribution is 0.0694. The Labute approximate surface area is 164 Å². The third-order valence-electron chi connectivity index (χ3n) is 5.72. The van der Waals surface area contributed by atoms with Gasteiger partial charge in [-0.3, -0.25) is 4.90 Å². The second-order valence-corrected chi connectivity index (χ2v) is 7.54. The van der Waals surface area contributed by atoms with Gasteiger partial charge in [0.05, 0.1) is 5.52 Å². The molecule has 0 amide bonds. The molecule has 28 heavy (non-hydrogen) atoms. The summed E-state index contributed by atoms with van der Waals surface area (Å²) in [5.74, 6) is -1.19. The van der Waals surface area contributed by atoms with Crippen LogP contribution in [0.25, 0.3) is 10.9 Å². The molecule has 0 saturated heterocycles. The van der Waals surface area contributed by atoms with E-state index in [4.69, 9.17) is 0 Å². The zero-order chi connectivity index (χ0) is 19.7. The molecule has 2 N–H and O–H groups in total. The van der Waals surface area contributed by atoms with Crippen LogP contribution < -0.4 is 0 Å². The van der Waals surface area contributed by atoms with Crippen LogP contribution in [0.2, 0.25) is 0 Å². The molecule has 0 bridgehead atoms. The summed E-state index contributed by atoms with van der Waals surface area (Å²) in [6.07, 6.45) is 3.16. The Morgan fingerprint density at radius 2 is 1.93 bits per heavy atom. The molecule has 0 atom stereocenters. The van der Waals surface area contributed by atoms with Crippen LogP contribution in [0.1, 0.15) is 46.9 Å². The molecule has 3 aromatic rings. The van der Waals surface area contributed by atoms with E-state index in [0.29, 0.717) is 11.9 Å². The molecule has 4 rings (SSSR count). The number of fused-ring (bicyclic) bond motifs is 3. The lowest BCUT2D eigenvalue weighted by Crippen LogP contribution is -2.32. The molecule has 2 aromatic carbocycles. The highest BCUT2D eigenvalue weighted by atomic mass is 16.4. The highest BCUT2D eigenvalue weighted by Crippen LogP contribution is 2.38. The van der Waals surface area contributed by atoms with Crippen LogP contribution in [0.3, 0.4) is 0 Å². The number of rotatable bonds is 6. The van der Waals surface area contributed by atoms with E-state index in [2.05, 4.69) is 28.5 Å². The molecule has 0 aliphatic carbocycles. The van der Waals surface area contributed by atoms with Crippen LogP contribution in [0.15, 0.2) is 42.5 Å². The minimum atomic E-state index is -1.09. The molecule has 5 nitrogen and oxygen atoms in total. The summed E-state index contributed by atoms with van der Waals surface area (Å²) < 4.78 is 2.25. The van der Waals surface area contributed by atoms with Gasteiger partial charge in [0, 0.05) is 30.7 Å². The quantitative estimate of drug-likeness (QED) is 0.673. The normalized spacial score (nSPS) is 14.3. The number of aromatic carboxylic acids is 1. The van der Waals surface area contributed by atoms with Crippen molar-refractivity contribution in [1.29, 1.82) is 0 Å². The van der Waals surface area contributed by atoms with Gasteiger partial charge in [-0.15, -0.1) is 0 Å². The summed E-state index contributed by atoms with van der Waals surface area (Å²) in [6.45, 7) is 5.75. The maximum Gasteiger partial charge on any atom is 0.339 e. The summed E-state index contributed by atoms with van der Waals surface area (Å²) in [6, 6.07) is 13.6. The van der Waals surface area contributed by atoms with Gasteiger partial charge in [-0.2, -0.15) is 0 Å². The summed E-state index contributed by atoms with van der Waals surface area (Å²) >= 11 is 0. The zero-order valence-corrected chi connectivity index (χ0v) is 16.2. The Bertz CT molecular complexity index is 1010. The van der Waals surface area contributed by atoms with Crippen LogP contribution in [-0.4, -0.2) is 38.7 Å². The lowest BCUT2D eigenvalue weighted by atomic mass is 10.0. The number of unbranched alkanes of at least 4 members (excludes halogenated alkanes) is 1. The number of carbonyl (C=O) groups is 1. The molecule has 2 heterocycles. The van der Waals surface area contributed by atoms with Crippen molar-refractivity contribution in [2.45, 2.75) is 39.3 Å². The first-order valence-corrected chi connectivity index (χ1v) is 9.95. The van der Waals surface area contributed by atoms with Crippen LogP contribution in [-0.2, 0) is 19.5 Å². The van der Waals surface area contributed by atoms with Gasteiger partial charge in [0.2, 0.25) is 0 Å². The molecule has 146 valence electrons. The molecule has 1 aromatic heterocycles. The van der Waals surface area contributed by atoms with Crippen molar-refractivity contribution in [2.75, 3.05) is 13.1 Å². The third kappa shape index (κ3) is 3.27. The Morgan fingerprint density at radius 1 is 1.14 bits per heavy atom. The van der Waals surface area contributed by atoms with Gasteiger partial charge in [0.1, 0.15) is 11.3 Å². The van der Waals surface area contributed by atoms with Gasteiger partial charge < -0.3 is 14.8 Å². The number of carboxylic acid groups (broad SMARTS) is 1. The van der Waals surface area contributed by atoms with Gasteiger partial charge in [0.15, 0.2) is 0 Å². The molecular formula is C23H26N2O3. The zero-order valence-electron chi connectivity index (χ0n) is 16.2. The van der Waals surface area contributed by atoms with E-state index in [1.807, 2.05) is 24.3 Å². The number of benzene rings is 2. The topological polar surface area (TPSA) is 65.7 Å². The number of hydrogen-bond donors (Lipinski definition) is 2. The molecule has 0 radical (unpaired) electrons. The molecule has 0 spiro atoms. The predicted octanol–water partition coefficient (Wildman–Crippen LogP) is 4.25. The first kappa shape index (κ1) is 18.6. The highest BCUT2D eigenvalue weighted by molar-refractivity contribution is 6.01. The van der Waals surface area contributed by atoms with Gasteiger partial charge in [-0.1, -0.05) is 43.7 Å². The minimum absolute atomic E-state index is 0.0272. The fourth-order valence-corrected chi connectivity index (χ4v) is 4.26. The molecule has 0 unspecified atom stereocenters. The van der Waals surface area contributed by atoms with Crippen molar-refractivity contribution in [2.24, 2.45) is 0 Å². The van der Waals surface area contributed by atoms with Crippen molar-refractivity contribution in [1.82, 2.24) is 9.47 Å². The summed E-state index contributed by atoms with van der Waals surface area (Å²) in [4.78, 5) is 14.0. The predicted molar refractivity (Wildman–Crippen MR) is 110 cm³/mol. The van der Waals surface area contributed by atoms with E-state index < -0.39 is 5.97 Å². The highest BCUT2D eigenvalue weighted by Gasteiger charge is 2.27. The second kappa shape index (κ2) is 7.68. The number of aromatic nitrogens is 1. The number of aromatic hydroxyl groups is 1. The van der Waals surface area contributed by atoms with Gasteiger partial charge in [0.25, 0.3) is 0 Å². The Kier molecular flexibility index (Phi) is 5.09. The molecule has 1 aliphatic rings. The van der Waals surface area contributed by atoms with Crippen LogP contribution in [0.4, 0.5) is 0 Å². The Balaban J connectivity index is 1.86. The van der Waals surface area contributed by atoms with Crippen molar-refractivity contribution >= 4 is 16.9 Å². The average Bonchev–Trinajstić information content (AvgIpc) is 3.01. The van der Waals surface area contributed by atoms with E-state index in [0.717, 1.165) is 37.1 Å². The summed E-state index contributed by atoms with van der Waals surface area (Å²) in [5, 5.41) is 20.9. The fraction of sp³-hybridized carbons (Fsp3) is 0.348. The maximum absolute atomic E-state index is 11.5. The van der Waals surface area contributed by atoms with Crippen molar-refractivity contribution in [3.05, 3.63) is 64.8 Å². The Hall–Kier alpha value is -2.79. The van der Waals surface area contributed by atoms with E-state index in [-0.39, 0.29) is 11.3 Å². The largest absolute Gasteiger partial charge is 0.506 e. The van der Waals surface area contributed by atoms with Crippen molar-refractivity contribution in [3.63, 3.8) is 0 Å². The third-order valence-corrected chi connectivity index (χ3v) is 5.72. The molecule has 0 saturated carbocycles. The van der Waals surface area contributed by atoms with E-state index >= 15 is 0 Å². The maximum atomic E-state index is 11.5. The van der Waals surface area contributed by atoms with Crippen LogP contribution in [0.5, 0.6) is 5.75 Å². The second-order valence-electron chi connectivity index (χ2n) is 7.54. The molecular weight excluding hydrogens is 352 g/mol. The van der Waals surface area contributed by atoms with Crippen LogP contribution in [0, 0.1) is 0 Å². The molecule has 5 heteroatoms. The first-order valence-electron chi connectivity index (χ1n) is 9.95. The van der Waals surface area contributed by atoms with E-state index in [1.165, 1.54) is 30.2 Å². The summed E-state index contributed by atoms with van der Waals surface area (Å²) in [5.41, 5.74) is 4.36. The van der Waals surface area contributed by atoms with Gasteiger partial charge >= 0.3 is 5.97 Å². The van der Waals surface area contributed by atoms with Crippen molar-refractivity contribution < 1.29 is 15.0 Å². The summed E-state index contributed by atoms with van der Waals surface area (Å²) in [7, 11) is 0. The van der Waals surface area contributed by atoms with Crippen molar-refractivity contribution in [3.8, 4) is 5.75 Å². The molecule has 0 fully saturated rings. The smallest absolute Gasteiger partial charge is 0.339 e. The fourth-order valence-electron chi connectivity index (χ4n) is 4.26. The number of carboxylic acids is 1. The average molecular weight is 378 g/mol. The number of phenols is 1. The SMILES string of the molecule is CCCCN1CCc2c(n(Cc3ccccc3)c3ccc(C(=O)O)c(O)c23)C1. The number of hydrogen-bond acceptors (Lipinski definition) is 3. The van der Waals surface area contributed by atoms with Gasteiger partial charge in [-0.25, -0.2) is 4.79 Å². The standard InChI is InChI=1S/C23H26N2O3/c1-2-3-12-24-13-11-17-20(15-24)25(14-16-7-5-4-6-8-16)19-10-9-18(23(27)28)22(26)21(17)19/h4-10,26H,2-3,11-15H2,1H3,(H,27,28). The monoisotopic (exact) mass is 378 g/mol. The van der Waals surface area contributed by atoms with Crippen LogP contribution >= 0.6 is 0 Å². The first-order chi connectivity index (χ1) is 13.6. The lowest BCUT2D eigenvalue weighted by Gasteiger charge is -2.28. The number of nitrogens with zero attached hydrogens (tertiary/aromatic N) is 2. The van der Waals surface area contributed by atoms with E-state index in [9.17, 15) is 15.0 Å². The van der Waals surface area contributed by atoms with Gasteiger partial charge in [-0.05, 0) is 42.6 Å². The minimum Gasteiger partial charge on any atom is -0.506 e. The van der Waals surface area contributed by atoms with E-state index in [1.54, 1.807) is 0 Å².